The maximum atomic E-state index is 11.2. The summed E-state index contributed by atoms with van der Waals surface area (Å²) in [6.07, 6.45) is 3.99. The minimum absolute atomic E-state index is 0.207. The molecule has 1 aromatic rings. The highest BCUT2D eigenvalue weighted by molar-refractivity contribution is 9.10. The van der Waals surface area contributed by atoms with E-state index in [0.29, 0.717) is 16.2 Å². The van der Waals surface area contributed by atoms with Crippen LogP contribution in [0.4, 0.5) is 5.82 Å². The molecule has 6 heteroatoms. The summed E-state index contributed by atoms with van der Waals surface area (Å²) in [7, 11) is 2.12. The minimum atomic E-state index is -0.961. The lowest BCUT2D eigenvalue weighted by Crippen LogP contribution is -2.35. The van der Waals surface area contributed by atoms with Crippen LogP contribution in [-0.2, 0) is 0 Å². The number of aromatic nitrogens is 1. The number of rotatable bonds is 4. The molecular weight excluding hydrogens is 310 g/mol. The van der Waals surface area contributed by atoms with Crippen molar-refractivity contribution >= 4 is 27.7 Å². The lowest BCUT2D eigenvalue weighted by Gasteiger charge is -2.29. The molecule has 1 saturated heterocycles. The Morgan fingerprint density at radius 1 is 1.68 bits per heavy atom. The van der Waals surface area contributed by atoms with Gasteiger partial charge in [-0.1, -0.05) is 0 Å². The molecule has 19 heavy (non-hydrogen) atoms. The fourth-order valence-electron chi connectivity index (χ4n) is 2.42. The highest BCUT2D eigenvalue weighted by atomic mass is 79.9. The topological polar surface area (TPSA) is 65.5 Å². The number of likely N-dealkylation sites (tertiary alicyclic amines) is 1. The number of anilines is 1. The largest absolute Gasteiger partial charge is 0.478 e. The van der Waals surface area contributed by atoms with E-state index in [2.05, 4.69) is 38.2 Å². The Labute approximate surface area is 121 Å². The van der Waals surface area contributed by atoms with E-state index in [1.165, 1.54) is 12.8 Å². The van der Waals surface area contributed by atoms with Crippen LogP contribution in [0.5, 0.6) is 0 Å². The predicted molar refractivity (Wildman–Crippen MR) is 77.6 cm³/mol. The molecule has 0 amide bonds. The summed E-state index contributed by atoms with van der Waals surface area (Å²) >= 11 is 3.24. The Morgan fingerprint density at radius 2 is 2.47 bits per heavy atom. The first-order valence-corrected chi connectivity index (χ1v) is 7.17. The molecule has 1 aliphatic rings. The van der Waals surface area contributed by atoms with E-state index >= 15 is 0 Å². The van der Waals surface area contributed by atoms with Gasteiger partial charge in [-0.05, 0) is 54.3 Å². The molecule has 0 radical (unpaired) electrons. The molecule has 1 unspecified atom stereocenters. The Bertz CT molecular complexity index is 467. The quantitative estimate of drug-likeness (QED) is 0.888. The third-order valence-corrected chi connectivity index (χ3v) is 3.80. The molecule has 2 N–H and O–H groups in total. The first kappa shape index (κ1) is 14.3. The molecule has 104 valence electrons. The highest BCUT2D eigenvalue weighted by Crippen LogP contribution is 2.20. The summed E-state index contributed by atoms with van der Waals surface area (Å²) in [6.45, 7) is 2.96. The number of aromatic carboxylic acids is 1. The molecule has 1 atom stereocenters. The number of hydrogen-bond acceptors (Lipinski definition) is 4. The van der Waals surface area contributed by atoms with Crippen molar-refractivity contribution in [2.45, 2.75) is 12.8 Å². The Balaban J connectivity index is 2.01. The van der Waals surface area contributed by atoms with E-state index in [0.717, 1.165) is 19.6 Å². The maximum absolute atomic E-state index is 11.2. The smallest absolute Gasteiger partial charge is 0.339 e. The number of piperidine rings is 1. The van der Waals surface area contributed by atoms with Crippen molar-refractivity contribution in [2.75, 3.05) is 32.0 Å². The number of hydrogen-bond donors (Lipinski definition) is 2. The van der Waals surface area contributed by atoms with E-state index in [1.54, 1.807) is 12.3 Å². The van der Waals surface area contributed by atoms with Crippen molar-refractivity contribution in [1.29, 1.82) is 0 Å². The molecule has 1 aromatic heterocycles. The molecule has 0 saturated carbocycles. The zero-order chi connectivity index (χ0) is 13.8. The SMILES string of the molecule is CN1CCCC(CNc2ncc(Br)cc2C(=O)O)C1. The molecule has 1 aliphatic heterocycles. The first-order valence-electron chi connectivity index (χ1n) is 6.37. The van der Waals surface area contributed by atoms with E-state index in [-0.39, 0.29) is 5.56 Å². The Morgan fingerprint density at radius 3 is 3.16 bits per heavy atom. The lowest BCUT2D eigenvalue weighted by molar-refractivity contribution is 0.0697. The molecule has 0 bridgehead atoms. The van der Waals surface area contributed by atoms with Crippen molar-refractivity contribution in [3.63, 3.8) is 0 Å². The van der Waals surface area contributed by atoms with Gasteiger partial charge in [0.05, 0.1) is 0 Å². The van der Waals surface area contributed by atoms with Crippen LogP contribution in [-0.4, -0.2) is 47.6 Å². The van der Waals surface area contributed by atoms with Gasteiger partial charge in [0.25, 0.3) is 0 Å². The van der Waals surface area contributed by atoms with Crippen molar-refractivity contribution in [3.05, 3.63) is 22.3 Å². The van der Waals surface area contributed by atoms with Crippen molar-refractivity contribution in [3.8, 4) is 0 Å². The molecule has 2 rings (SSSR count). The van der Waals surface area contributed by atoms with Crippen LogP contribution < -0.4 is 5.32 Å². The summed E-state index contributed by atoms with van der Waals surface area (Å²) in [6, 6.07) is 1.57. The third-order valence-electron chi connectivity index (χ3n) is 3.36. The first-order chi connectivity index (χ1) is 9.06. The van der Waals surface area contributed by atoms with Crippen LogP contribution in [0.2, 0.25) is 0 Å². The normalized spacial score (nSPS) is 20.2. The van der Waals surface area contributed by atoms with Crippen LogP contribution in [0, 0.1) is 5.92 Å². The molecule has 0 aliphatic carbocycles. The van der Waals surface area contributed by atoms with Gasteiger partial charge in [0.15, 0.2) is 0 Å². The zero-order valence-corrected chi connectivity index (χ0v) is 12.5. The minimum Gasteiger partial charge on any atom is -0.478 e. The van der Waals surface area contributed by atoms with Gasteiger partial charge >= 0.3 is 5.97 Å². The second-order valence-electron chi connectivity index (χ2n) is 5.01. The Kier molecular flexibility index (Phi) is 4.76. The van der Waals surface area contributed by atoms with Crippen molar-refractivity contribution < 1.29 is 9.90 Å². The summed E-state index contributed by atoms with van der Waals surface area (Å²) in [5.74, 6) is 0.0341. The molecule has 2 heterocycles. The fourth-order valence-corrected chi connectivity index (χ4v) is 2.76. The lowest BCUT2D eigenvalue weighted by atomic mass is 9.98. The van der Waals surface area contributed by atoms with Crippen molar-refractivity contribution in [2.24, 2.45) is 5.92 Å². The van der Waals surface area contributed by atoms with Crippen LogP contribution in [0.15, 0.2) is 16.7 Å². The number of carbonyl (C=O) groups is 1. The molecular formula is C13H18BrN3O2. The van der Waals surface area contributed by atoms with Gasteiger partial charge in [-0.15, -0.1) is 0 Å². The van der Waals surface area contributed by atoms with E-state index in [4.69, 9.17) is 5.11 Å². The van der Waals surface area contributed by atoms with Gasteiger partial charge < -0.3 is 15.3 Å². The molecule has 1 fully saturated rings. The van der Waals surface area contributed by atoms with E-state index < -0.39 is 5.97 Å². The van der Waals surface area contributed by atoms with E-state index in [1.807, 2.05) is 0 Å². The van der Waals surface area contributed by atoms with Gasteiger partial charge in [-0.25, -0.2) is 9.78 Å². The van der Waals surface area contributed by atoms with Gasteiger partial charge in [0.2, 0.25) is 0 Å². The summed E-state index contributed by atoms with van der Waals surface area (Å²) < 4.78 is 0.674. The number of carboxylic acid groups (broad SMARTS) is 1. The van der Waals surface area contributed by atoms with Gasteiger partial charge in [0, 0.05) is 23.8 Å². The third kappa shape index (κ3) is 3.91. The van der Waals surface area contributed by atoms with Gasteiger partial charge in [-0.3, -0.25) is 0 Å². The average molecular weight is 328 g/mol. The zero-order valence-electron chi connectivity index (χ0n) is 10.9. The average Bonchev–Trinajstić information content (AvgIpc) is 2.37. The van der Waals surface area contributed by atoms with Crippen molar-refractivity contribution in [1.82, 2.24) is 9.88 Å². The summed E-state index contributed by atoms with van der Waals surface area (Å²) in [5.41, 5.74) is 0.207. The predicted octanol–water partition coefficient (Wildman–Crippen LogP) is 2.30. The number of halogens is 1. The monoisotopic (exact) mass is 327 g/mol. The second-order valence-corrected chi connectivity index (χ2v) is 5.92. The summed E-state index contributed by atoms with van der Waals surface area (Å²) in [4.78, 5) is 17.6. The molecule has 5 nitrogen and oxygen atoms in total. The maximum Gasteiger partial charge on any atom is 0.339 e. The standard InChI is InChI=1S/C13H18BrN3O2/c1-17-4-2-3-9(8-17)6-15-12-11(13(18)19)5-10(14)7-16-12/h5,7,9H,2-4,6,8H2,1H3,(H,15,16)(H,18,19). The number of pyridine rings is 1. The molecule has 0 spiro atoms. The second kappa shape index (κ2) is 6.34. The highest BCUT2D eigenvalue weighted by Gasteiger charge is 2.18. The van der Waals surface area contributed by atoms with Crippen LogP contribution in [0.1, 0.15) is 23.2 Å². The number of carboxylic acids is 1. The molecule has 0 aromatic carbocycles. The summed E-state index contributed by atoms with van der Waals surface area (Å²) in [5, 5.41) is 12.3. The number of nitrogens with zero attached hydrogens (tertiary/aromatic N) is 2. The fraction of sp³-hybridized carbons (Fsp3) is 0.538. The van der Waals surface area contributed by atoms with Crippen LogP contribution >= 0.6 is 15.9 Å². The number of nitrogens with one attached hydrogen (secondary N) is 1. The Hall–Kier alpha value is -1.14. The van der Waals surface area contributed by atoms with Gasteiger partial charge in [-0.2, -0.15) is 0 Å². The van der Waals surface area contributed by atoms with Gasteiger partial charge in [0.1, 0.15) is 11.4 Å². The van der Waals surface area contributed by atoms with Crippen LogP contribution in [0.3, 0.4) is 0 Å². The van der Waals surface area contributed by atoms with E-state index in [9.17, 15) is 4.79 Å². The van der Waals surface area contributed by atoms with Crippen LogP contribution in [0.25, 0.3) is 0 Å².